The van der Waals surface area contributed by atoms with Crippen LogP contribution in [0.2, 0.25) is 0 Å². The highest BCUT2D eigenvalue weighted by Gasteiger charge is 2.21. The van der Waals surface area contributed by atoms with Gasteiger partial charge in [-0.1, -0.05) is 12.8 Å². The molecule has 0 aromatic heterocycles. The van der Waals surface area contributed by atoms with Gasteiger partial charge in [-0.05, 0) is 26.7 Å². The zero-order chi connectivity index (χ0) is 9.90. The molecule has 2 N–H and O–H groups in total. The van der Waals surface area contributed by atoms with Crippen LogP contribution in [0.5, 0.6) is 0 Å². The quantitative estimate of drug-likeness (QED) is 0.694. The van der Waals surface area contributed by atoms with E-state index in [0.29, 0.717) is 6.04 Å². The lowest BCUT2D eigenvalue weighted by Crippen LogP contribution is -2.37. The molecule has 76 valence electrons. The van der Waals surface area contributed by atoms with Crippen LogP contribution in [0.3, 0.4) is 0 Å². The summed E-state index contributed by atoms with van der Waals surface area (Å²) in [4.78, 5) is 11.3. The van der Waals surface area contributed by atoms with Crippen LogP contribution in [0.15, 0.2) is 0 Å². The average molecular weight is 185 g/mol. The molecule has 1 amide bonds. The zero-order valence-corrected chi connectivity index (χ0v) is 8.47. The van der Waals surface area contributed by atoms with Gasteiger partial charge in [0, 0.05) is 6.04 Å². The summed E-state index contributed by atoms with van der Waals surface area (Å²) in [7, 11) is 0. The SMILES string of the molecule is CC(C)(O)CC(=O)NC1CCCC1. The van der Waals surface area contributed by atoms with Crippen molar-refractivity contribution < 1.29 is 9.90 Å². The highest BCUT2D eigenvalue weighted by Crippen LogP contribution is 2.18. The number of hydrogen-bond donors (Lipinski definition) is 2. The molecule has 0 radical (unpaired) electrons. The molecule has 0 atom stereocenters. The fourth-order valence-corrected chi connectivity index (χ4v) is 1.74. The first-order valence-corrected chi connectivity index (χ1v) is 4.99. The van der Waals surface area contributed by atoms with Crippen molar-refractivity contribution in [2.24, 2.45) is 0 Å². The Kier molecular flexibility index (Phi) is 3.31. The van der Waals surface area contributed by atoms with Crippen molar-refractivity contribution in [3.05, 3.63) is 0 Å². The molecule has 1 rings (SSSR count). The van der Waals surface area contributed by atoms with Crippen molar-refractivity contribution in [2.45, 2.75) is 57.6 Å². The van der Waals surface area contributed by atoms with Crippen molar-refractivity contribution in [1.82, 2.24) is 5.32 Å². The van der Waals surface area contributed by atoms with E-state index >= 15 is 0 Å². The first-order chi connectivity index (χ1) is 5.97. The van der Waals surface area contributed by atoms with E-state index in [1.165, 1.54) is 12.8 Å². The Bertz CT molecular complexity index is 178. The minimum atomic E-state index is -0.886. The van der Waals surface area contributed by atoms with Gasteiger partial charge in [0.15, 0.2) is 0 Å². The van der Waals surface area contributed by atoms with Gasteiger partial charge in [-0.2, -0.15) is 0 Å². The van der Waals surface area contributed by atoms with Crippen molar-refractivity contribution in [3.8, 4) is 0 Å². The smallest absolute Gasteiger partial charge is 0.223 e. The highest BCUT2D eigenvalue weighted by atomic mass is 16.3. The molecule has 0 spiro atoms. The average Bonchev–Trinajstić information content (AvgIpc) is 2.34. The van der Waals surface area contributed by atoms with E-state index in [9.17, 15) is 9.90 Å². The van der Waals surface area contributed by atoms with Crippen molar-refractivity contribution in [3.63, 3.8) is 0 Å². The van der Waals surface area contributed by atoms with Gasteiger partial charge in [-0.25, -0.2) is 0 Å². The third kappa shape index (κ3) is 4.27. The predicted molar refractivity (Wildman–Crippen MR) is 51.3 cm³/mol. The van der Waals surface area contributed by atoms with Crippen LogP contribution in [-0.2, 0) is 4.79 Å². The summed E-state index contributed by atoms with van der Waals surface area (Å²) >= 11 is 0. The minimum Gasteiger partial charge on any atom is -0.390 e. The highest BCUT2D eigenvalue weighted by molar-refractivity contribution is 5.77. The summed E-state index contributed by atoms with van der Waals surface area (Å²) in [6, 6.07) is 0.356. The molecule has 0 unspecified atom stereocenters. The van der Waals surface area contributed by atoms with Crippen LogP contribution in [0.1, 0.15) is 46.0 Å². The fraction of sp³-hybridized carbons (Fsp3) is 0.900. The molecule has 1 aliphatic carbocycles. The van der Waals surface area contributed by atoms with Gasteiger partial charge in [-0.15, -0.1) is 0 Å². The Hall–Kier alpha value is -0.570. The lowest BCUT2D eigenvalue weighted by atomic mass is 10.1. The third-order valence-electron chi connectivity index (χ3n) is 2.31. The molecule has 3 heteroatoms. The molecule has 0 aromatic rings. The Balaban J connectivity index is 2.24. The van der Waals surface area contributed by atoms with E-state index in [1.807, 2.05) is 0 Å². The normalized spacial score (nSPS) is 19.0. The van der Waals surface area contributed by atoms with E-state index in [2.05, 4.69) is 5.32 Å². The number of rotatable bonds is 3. The van der Waals surface area contributed by atoms with E-state index < -0.39 is 5.60 Å². The Labute approximate surface area is 79.5 Å². The summed E-state index contributed by atoms with van der Waals surface area (Å²) in [6.07, 6.45) is 4.82. The molecule has 0 bridgehead atoms. The van der Waals surface area contributed by atoms with Crippen LogP contribution >= 0.6 is 0 Å². The standard InChI is InChI=1S/C10H19NO2/c1-10(2,13)7-9(12)11-8-5-3-4-6-8/h8,13H,3-7H2,1-2H3,(H,11,12). The van der Waals surface area contributed by atoms with E-state index in [1.54, 1.807) is 13.8 Å². The maximum absolute atomic E-state index is 11.3. The van der Waals surface area contributed by atoms with Gasteiger partial charge in [-0.3, -0.25) is 4.79 Å². The molecule has 13 heavy (non-hydrogen) atoms. The van der Waals surface area contributed by atoms with Crippen LogP contribution in [0, 0.1) is 0 Å². The molecule has 0 saturated heterocycles. The second-order valence-corrected chi connectivity index (χ2v) is 4.54. The number of aliphatic hydroxyl groups is 1. The molecule has 0 aromatic carbocycles. The zero-order valence-electron chi connectivity index (χ0n) is 8.47. The summed E-state index contributed by atoms with van der Waals surface area (Å²) in [5, 5.41) is 12.3. The van der Waals surface area contributed by atoms with Crippen LogP contribution in [0.4, 0.5) is 0 Å². The number of carbonyl (C=O) groups excluding carboxylic acids is 1. The van der Waals surface area contributed by atoms with Crippen LogP contribution in [-0.4, -0.2) is 22.7 Å². The second kappa shape index (κ2) is 4.09. The maximum atomic E-state index is 11.3. The summed E-state index contributed by atoms with van der Waals surface area (Å²) < 4.78 is 0. The first-order valence-electron chi connectivity index (χ1n) is 4.99. The van der Waals surface area contributed by atoms with Gasteiger partial charge in [0.25, 0.3) is 0 Å². The molecule has 0 aliphatic heterocycles. The van der Waals surface area contributed by atoms with Crippen LogP contribution < -0.4 is 5.32 Å². The van der Waals surface area contributed by atoms with Crippen molar-refractivity contribution >= 4 is 5.91 Å². The number of amides is 1. The van der Waals surface area contributed by atoms with Gasteiger partial charge >= 0.3 is 0 Å². The Morgan fingerprint density at radius 2 is 2.00 bits per heavy atom. The minimum absolute atomic E-state index is 0.0283. The summed E-state index contributed by atoms with van der Waals surface area (Å²) in [6.45, 7) is 3.31. The first kappa shape index (κ1) is 10.5. The van der Waals surface area contributed by atoms with Gasteiger partial charge in [0.1, 0.15) is 0 Å². The van der Waals surface area contributed by atoms with Crippen LogP contribution in [0.25, 0.3) is 0 Å². The molecule has 1 saturated carbocycles. The Morgan fingerprint density at radius 1 is 1.46 bits per heavy atom. The van der Waals surface area contributed by atoms with Crippen molar-refractivity contribution in [2.75, 3.05) is 0 Å². The largest absolute Gasteiger partial charge is 0.390 e. The van der Waals surface area contributed by atoms with Crippen molar-refractivity contribution in [1.29, 1.82) is 0 Å². The summed E-state index contributed by atoms with van der Waals surface area (Å²) in [5.41, 5.74) is -0.886. The monoisotopic (exact) mass is 185 g/mol. The third-order valence-corrected chi connectivity index (χ3v) is 2.31. The number of hydrogen-bond acceptors (Lipinski definition) is 2. The molecule has 3 nitrogen and oxygen atoms in total. The van der Waals surface area contributed by atoms with E-state index in [-0.39, 0.29) is 12.3 Å². The maximum Gasteiger partial charge on any atom is 0.223 e. The lowest BCUT2D eigenvalue weighted by molar-refractivity contribution is -0.125. The van der Waals surface area contributed by atoms with Gasteiger partial charge < -0.3 is 10.4 Å². The van der Waals surface area contributed by atoms with Gasteiger partial charge in [0.05, 0.1) is 12.0 Å². The van der Waals surface area contributed by atoms with E-state index in [4.69, 9.17) is 0 Å². The summed E-state index contributed by atoms with van der Waals surface area (Å²) in [5.74, 6) is -0.0283. The molecule has 1 fully saturated rings. The van der Waals surface area contributed by atoms with E-state index in [0.717, 1.165) is 12.8 Å². The lowest BCUT2D eigenvalue weighted by Gasteiger charge is -2.18. The number of nitrogens with one attached hydrogen (secondary N) is 1. The molecule has 1 aliphatic rings. The number of carbonyl (C=O) groups is 1. The molecular weight excluding hydrogens is 166 g/mol. The Morgan fingerprint density at radius 3 is 2.46 bits per heavy atom. The second-order valence-electron chi connectivity index (χ2n) is 4.54. The molecule has 0 heterocycles. The predicted octanol–water partition coefficient (Wildman–Crippen LogP) is 1.21. The topological polar surface area (TPSA) is 49.3 Å². The van der Waals surface area contributed by atoms with Gasteiger partial charge in [0.2, 0.25) is 5.91 Å². The molecular formula is C10H19NO2. The fourth-order valence-electron chi connectivity index (χ4n) is 1.74.